The number of anilines is 3. The summed E-state index contributed by atoms with van der Waals surface area (Å²) in [5, 5.41) is 6.50. The van der Waals surface area contributed by atoms with Crippen molar-refractivity contribution >= 4 is 28.4 Å². The van der Waals surface area contributed by atoms with E-state index < -0.39 is 0 Å². The van der Waals surface area contributed by atoms with Crippen LogP contribution < -0.4 is 10.6 Å². The number of hydrogen-bond acceptors (Lipinski definition) is 4. The summed E-state index contributed by atoms with van der Waals surface area (Å²) < 4.78 is 2.06. The molecule has 0 bridgehead atoms. The third-order valence-electron chi connectivity index (χ3n) is 4.15. The zero-order chi connectivity index (χ0) is 17.8. The topological polar surface area (TPSA) is 54.2 Å². The van der Waals surface area contributed by atoms with Gasteiger partial charge in [-0.05, 0) is 44.5 Å². The van der Waals surface area contributed by atoms with Gasteiger partial charge in [0, 0.05) is 30.8 Å². The molecule has 2 heterocycles. The Labute approximate surface area is 148 Å². The average Bonchev–Trinajstić information content (AvgIpc) is 3.07. The molecule has 0 aliphatic rings. The first kappa shape index (κ1) is 16.8. The molecule has 1 aromatic carbocycles. The second-order valence-corrected chi connectivity index (χ2v) is 5.93. The standard InChI is InChI=1S/C20H23N5/c1-5-14(2)11-15(3)18-13-23-20-19(22-9-10-25(18)20)24-17-8-6-7-16(12-17)21-4/h5-13,21H,1-4H3,(H,22,24)/b14-5-,15-11+. The number of allylic oxidation sites excluding steroid dienone is 4. The molecular weight excluding hydrogens is 310 g/mol. The zero-order valence-electron chi connectivity index (χ0n) is 15.0. The summed E-state index contributed by atoms with van der Waals surface area (Å²) >= 11 is 0. The summed E-state index contributed by atoms with van der Waals surface area (Å²) in [6.45, 7) is 6.23. The molecule has 0 radical (unpaired) electrons. The van der Waals surface area contributed by atoms with Crippen LogP contribution in [0.1, 0.15) is 26.5 Å². The molecule has 2 aromatic heterocycles. The lowest BCUT2D eigenvalue weighted by Gasteiger charge is -2.09. The fourth-order valence-electron chi connectivity index (χ4n) is 2.69. The Bertz CT molecular complexity index is 950. The maximum Gasteiger partial charge on any atom is 0.180 e. The van der Waals surface area contributed by atoms with E-state index in [2.05, 4.69) is 51.0 Å². The monoisotopic (exact) mass is 333 g/mol. The van der Waals surface area contributed by atoms with Gasteiger partial charge in [-0.3, -0.25) is 4.40 Å². The minimum absolute atomic E-state index is 0.734. The highest BCUT2D eigenvalue weighted by molar-refractivity contribution is 5.75. The van der Waals surface area contributed by atoms with Gasteiger partial charge in [-0.25, -0.2) is 9.97 Å². The number of hydrogen-bond donors (Lipinski definition) is 2. The van der Waals surface area contributed by atoms with Crippen LogP contribution >= 0.6 is 0 Å². The zero-order valence-corrected chi connectivity index (χ0v) is 15.0. The molecule has 0 aliphatic heterocycles. The first-order valence-electron chi connectivity index (χ1n) is 8.31. The first-order chi connectivity index (χ1) is 12.1. The fourth-order valence-corrected chi connectivity index (χ4v) is 2.69. The molecule has 0 unspecified atom stereocenters. The van der Waals surface area contributed by atoms with Gasteiger partial charge >= 0.3 is 0 Å². The predicted molar refractivity (Wildman–Crippen MR) is 105 cm³/mol. The number of nitrogens with zero attached hydrogens (tertiary/aromatic N) is 3. The van der Waals surface area contributed by atoms with Crippen molar-refractivity contribution in [2.24, 2.45) is 0 Å². The van der Waals surface area contributed by atoms with Crippen LogP contribution in [-0.4, -0.2) is 21.4 Å². The molecule has 0 aliphatic carbocycles. The molecule has 0 fully saturated rings. The van der Waals surface area contributed by atoms with E-state index >= 15 is 0 Å². The Hall–Kier alpha value is -3.08. The van der Waals surface area contributed by atoms with Crippen molar-refractivity contribution in [3.63, 3.8) is 0 Å². The van der Waals surface area contributed by atoms with Gasteiger partial charge in [0.15, 0.2) is 11.5 Å². The molecule has 3 rings (SSSR count). The summed E-state index contributed by atoms with van der Waals surface area (Å²) in [6.07, 6.45) is 9.87. The number of aromatic nitrogens is 3. The fraction of sp³-hybridized carbons (Fsp3) is 0.200. The largest absolute Gasteiger partial charge is 0.388 e. The Morgan fingerprint density at radius 3 is 2.72 bits per heavy atom. The van der Waals surface area contributed by atoms with Crippen molar-refractivity contribution in [2.75, 3.05) is 17.7 Å². The third-order valence-corrected chi connectivity index (χ3v) is 4.15. The van der Waals surface area contributed by atoms with Gasteiger partial charge in [-0.15, -0.1) is 0 Å². The SMILES string of the molecule is C/C=C(C)\C=C(/C)c1cnc2c(Nc3cccc(NC)c3)nccn12. The van der Waals surface area contributed by atoms with Crippen LogP contribution in [-0.2, 0) is 0 Å². The maximum atomic E-state index is 4.57. The third kappa shape index (κ3) is 3.55. The number of benzene rings is 1. The van der Waals surface area contributed by atoms with Gasteiger partial charge in [-0.2, -0.15) is 0 Å². The maximum absolute atomic E-state index is 4.57. The van der Waals surface area contributed by atoms with Gasteiger partial charge in [0.1, 0.15) is 0 Å². The molecule has 25 heavy (non-hydrogen) atoms. The lowest BCUT2D eigenvalue weighted by Crippen LogP contribution is -1.99. The minimum Gasteiger partial charge on any atom is -0.388 e. The highest BCUT2D eigenvalue weighted by Crippen LogP contribution is 2.24. The Morgan fingerprint density at radius 2 is 1.96 bits per heavy atom. The van der Waals surface area contributed by atoms with Gasteiger partial charge in [0.2, 0.25) is 0 Å². The van der Waals surface area contributed by atoms with Crippen LogP contribution in [0.15, 0.2) is 60.6 Å². The smallest absolute Gasteiger partial charge is 0.180 e. The van der Waals surface area contributed by atoms with Gasteiger partial charge in [0.25, 0.3) is 0 Å². The quantitative estimate of drug-likeness (QED) is 0.653. The van der Waals surface area contributed by atoms with E-state index in [0.717, 1.165) is 34.1 Å². The molecular formula is C20H23N5. The molecule has 0 amide bonds. The summed E-state index contributed by atoms with van der Waals surface area (Å²) in [4.78, 5) is 9.04. The van der Waals surface area contributed by atoms with E-state index in [1.807, 2.05) is 50.6 Å². The van der Waals surface area contributed by atoms with Crippen LogP contribution in [0.25, 0.3) is 11.2 Å². The molecule has 3 aromatic rings. The summed E-state index contributed by atoms with van der Waals surface area (Å²) in [5.74, 6) is 0.734. The molecule has 2 N–H and O–H groups in total. The molecule has 5 heteroatoms. The molecule has 128 valence electrons. The van der Waals surface area contributed by atoms with Crippen molar-refractivity contribution in [3.8, 4) is 0 Å². The number of nitrogens with one attached hydrogen (secondary N) is 2. The van der Waals surface area contributed by atoms with E-state index in [-0.39, 0.29) is 0 Å². The van der Waals surface area contributed by atoms with Crippen molar-refractivity contribution in [1.29, 1.82) is 0 Å². The van der Waals surface area contributed by atoms with Crippen molar-refractivity contribution in [1.82, 2.24) is 14.4 Å². The summed E-state index contributed by atoms with van der Waals surface area (Å²) in [5.41, 5.74) is 6.26. The van der Waals surface area contributed by atoms with E-state index in [9.17, 15) is 0 Å². The normalized spacial score (nSPS) is 12.5. The lowest BCUT2D eigenvalue weighted by atomic mass is 10.1. The molecule has 0 spiro atoms. The summed E-state index contributed by atoms with van der Waals surface area (Å²) in [6, 6.07) is 8.06. The van der Waals surface area contributed by atoms with Crippen molar-refractivity contribution in [3.05, 3.63) is 66.3 Å². The highest BCUT2D eigenvalue weighted by Gasteiger charge is 2.10. The van der Waals surface area contributed by atoms with Gasteiger partial charge in [0.05, 0.1) is 11.9 Å². The van der Waals surface area contributed by atoms with Gasteiger partial charge < -0.3 is 10.6 Å². The van der Waals surface area contributed by atoms with E-state index in [1.165, 1.54) is 5.57 Å². The number of imidazole rings is 1. The Balaban J connectivity index is 2.00. The van der Waals surface area contributed by atoms with Crippen LogP contribution in [0.2, 0.25) is 0 Å². The van der Waals surface area contributed by atoms with E-state index in [0.29, 0.717) is 0 Å². The van der Waals surface area contributed by atoms with Crippen LogP contribution in [0.5, 0.6) is 0 Å². The average molecular weight is 333 g/mol. The van der Waals surface area contributed by atoms with Crippen molar-refractivity contribution in [2.45, 2.75) is 20.8 Å². The van der Waals surface area contributed by atoms with Crippen LogP contribution in [0.4, 0.5) is 17.2 Å². The molecule has 5 nitrogen and oxygen atoms in total. The van der Waals surface area contributed by atoms with Crippen molar-refractivity contribution < 1.29 is 0 Å². The van der Waals surface area contributed by atoms with Crippen LogP contribution in [0.3, 0.4) is 0 Å². The number of rotatable bonds is 5. The molecule has 0 saturated carbocycles. The first-order valence-corrected chi connectivity index (χ1v) is 8.31. The lowest BCUT2D eigenvalue weighted by molar-refractivity contribution is 1.11. The second-order valence-electron chi connectivity index (χ2n) is 5.93. The summed E-state index contributed by atoms with van der Waals surface area (Å²) in [7, 11) is 1.90. The second kappa shape index (κ2) is 7.21. The van der Waals surface area contributed by atoms with Gasteiger partial charge in [-0.1, -0.05) is 23.8 Å². The van der Waals surface area contributed by atoms with E-state index in [1.54, 1.807) is 6.20 Å². The molecule has 0 saturated heterocycles. The Kier molecular flexibility index (Phi) is 4.84. The molecule has 0 atom stereocenters. The minimum atomic E-state index is 0.734. The van der Waals surface area contributed by atoms with E-state index in [4.69, 9.17) is 0 Å². The number of fused-ring (bicyclic) bond motifs is 1. The Morgan fingerprint density at radius 1 is 1.16 bits per heavy atom. The van der Waals surface area contributed by atoms with Crippen LogP contribution in [0, 0.1) is 0 Å². The predicted octanol–water partition coefficient (Wildman–Crippen LogP) is 4.88. The highest BCUT2D eigenvalue weighted by atomic mass is 15.1.